The molecule has 0 spiro atoms. The molecule has 0 aromatic heterocycles. The molecule has 128 valence electrons. The standard InChI is InChI=1S/C18H22N2O4/c21-16-9-14(11-20(16)10-13-6-7-13)17(22)19-15(18(23)24)8-12-4-2-1-3-5-12/h1-5,13-15H,6-11H2,(H,19,22)(H,23,24)/t14-,15+/m1/s1. The molecule has 1 aliphatic carbocycles. The normalized spacial score (nSPS) is 21.6. The van der Waals surface area contributed by atoms with Crippen molar-refractivity contribution in [2.24, 2.45) is 11.8 Å². The topological polar surface area (TPSA) is 86.7 Å². The van der Waals surface area contributed by atoms with Crippen molar-refractivity contribution in [2.45, 2.75) is 31.7 Å². The number of likely N-dealkylation sites (tertiary alicyclic amines) is 1. The van der Waals surface area contributed by atoms with Crippen molar-refractivity contribution in [1.82, 2.24) is 10.2 Å². The lowest BCUT2D eigenvalue weighted by molar-refractivity contribution is -0.142. The first-order valence-electron chi connectivity index (χ1n) is 8.38. The van der Waals surface area contributed by atoms with Crippen molar-refractivity contribution < 1.29 is 19.5 Å². The monoisotopic (exact) mass is 330 g/mol. The highest BCUT2D eigenvalue weighted by Crippen LogP contribution is 2.32. The Labute approximate surface area is 140 Å². The highest BCUT2D eigenvalue weighted by atomic mass is 16.4. The van der Waals surface area contributed by atoms with E-state index >= 15 is 0 Å². The van der Waals surface area contributed by atoms with E-state index in [1.54, 1.807) is 4.90 Å². The van der Waals surface area contributed by atoms with Gasteiger partial charge in [0.05, 0.1) is 5.92 Å². The second-order valence-corrected chi connectivity index (χ2v) is 6.73. The van der Waals surface area contributed by atoms with Gasteiger partial charge in [-0.2, -0.15) is 0 Å². The van der Waals surface area contributed by atoms with Crippen LogP contribution in [0.15, 0.2) is 30.3 Å². The zero-order chi connectivity index (χ0) is 17.1. The second kappa shape index (κ2) is 7.03. The highest BCUT2D eigenvalue weighted by Gasteiger charge is 2.38. The van der Waals surface area contributed by atoms with E-state index < -0.39 is 17.9 Å². The van der Waals surface area contributed by atoms with Crippen molar-refractivity contribution in [1.29, 1.82) is 0 Å². The van der Waals surface area contributed by atoms with Crippen LogP contribution in [0.5, 0.6) is 0 Å². The number of nitrogens with zero attached hydrogens (tertiary/aromatic N) is 1. The van der Waals surface area contributed by atoms with Crippen LogP contribution in [0.2, 0.25) is 0 Å². The minimum absolute atomic E-state index is 0.00279. The van der Waals surface area contributed by atoms with Crippen LogP contribution in [-0.2, 0) is 20.8 Å². The first-order valence-corrected chi connectivity index (χ1v) is 8.38. The molecule has 1 saturated heterocycles. The van der Waals surface area contributed by atoms with Crippen LogP contribution in [0.3, 0.4) is 0 Å². The molecule has 24 heavy (non-hydrogen) atoms. The maximum absolute atomic E-state index is 12.4. The molecule has 1 heterocycles. The van der Waals surface area contributed by atoms with Crippen molar-refractivity contribution in [3.8, 4) is 0 Å². The Bertz CT molecular complexity index is 627. The van der Waals surface area contributed by atoms with Gasteiger partial charge in [0.1, 0.15) is 6.04 Å². The van der Waals surface area contributed by atoms with Crippen LogP contribution in [0, 0.1) is 11.8 Å². The van der Waals surface area contributed by atoms with Gasteiger partial charge in [-0.1, -0.05) is 30.3 Å². The molecule has 6 nitrogen and oxygen atoms in total. The highest BCUT2D eigenvalue weighted by molar-refractivity contribution is 5.91. The molecule has 2 N–H and O–H groups in total. The molecule has 0 radical (unpaired) electrons. The van der Waals surface area contributed by atoms with Crippen molar-refractivity contribution >= 4 is 17.8 Å². The van der Waals surface area contributed by atoms with E-state index in [-0.39, 0.29) is 24.7 Å². The summed E-state index contributed by atoms with van der Waals surface area (Å²) in [5.74, 6) is -1.28. The van der Waals surface area contributed by atoms with Crippen LogP contribution in [0.4, 0.5) is 0 Å². The number of rotatable bonds is 7. The Hall–Kier alpha value is -2.37. The third-order valence-electron chi connectivity index (χ3n) is 4.66. The first-order chi connectivity index (χ1) is 11.5. The van der Waals surface area contributed by atoms with Gasteiger partial charge in [0, 0.05) is 25.9 Å². The van der Waals surface area contributed by atoms with E-state index in [2.05, 4.69) is 5.32 Å². The molecular formula is C18H22N2O4. The summed E-state index contributed by atoms with van der Waals surface area (Å²) in [6, 6.07) is 8.21. The quantitative estimate of drug-likeness (QED) is 0.782. The molecule has 2 aliphatic rings. The van der Waals surface area contributed by atoms with Crippen molar-refractivity contribution in [2.75, 3.05) is 13.1 Å². The second-order valence-electron chi connectivity index (χ2n) is 6.73. The lowest BCUT2D eigenvalue weighted by Gasteiger charge is -2.18. The summed E-state index contributed by atoms with van der Waals surface area (Å²) in [4.78, 5) is 37.6. The predicted octanol–water partition coefficient (Wildman–Crippen LogP) is 1.06. The summed E-state index contributed by atoms with van der Waals surface area (Å²) >= 11 is 0. The molecule has 2 atom stereocenters. The zero-order valence-corrected chi connectivity index (χ0v) is 13.5. The number of aliphatic carboxylic acids is 1. The average molecular weight is 330 g/mol. The van der Waals surface area contributed by atoms with Crippen LogP contribution in [0.25, 0.3) is 0 Å². The van der Waals surface area contributed by atoms with Gasteiger partial charge in [-0.05, 0) is 24.3 Å². The summed E-state index contributed by atoms with van der Waals surface area (Å²) in [6.45, 7) is 1.13. The molecule has 1 saturated carbocycles. The van der Waals surface area contributed by atoms with Crippen molar-refractivity contribution in [3.63, 3.8) is 0 Å². The number of carboxylic acid groups (broad SMARTS) is 1. The molecule has 1 aliphatic heterocycles. The SMILES string of the molecule is O=C(N[C@@H](Cc1ccccc1)C(=O)O)[C@@H]1CC(=O)N(CC2CC2)C1. The number of carboxylic acids is 1. The Morgan fingerprint density at radius 3 is 2.58 bits per heavy atom. The smallest absolute Gasteiger partial charge is 0.326 e. The molecule has 1 aromatic rings. The van der Waals surface area contributed by atoms with Crippen molar-refractivity contribution in [3.05, 3.63) is 35.9 Å². The molecule has 2 fully saturated rings. The van der Waals surface area contributed by atoms with Gasteiger partial charge in [0.25, 0.3) is 0 Å². The Morgan fingerprint density at radius 1 is 1.25 bits per heavy atom. The van der Waals surface area contributed by atoms with E-state index in [1.807, 2.05) is 30.3 Å². The molecule has 0 bridgehead atoms. The molecular weight excluding hydrogens is 308 g/mol. The molecule has 6 heteroatoms. The van der Waals surface area contributed by atoms with E-state index in [1.165, 1.54) is 0 Å². The van der Waals surface area contributed by atoms with Gasteiger partial charge in [0.15, 0.2) is 0 Å². The van der Waals surface area contributed by atoms with E-state index in [0.717, 1.165) is 24.9 Å². The number of nitrogens with one attached hydrogen (secondary N) is 1. The Balaban J connectivity index is 1.57. The number of carbonyl (C=O) groups is 3. The van der Waals surface area contributed by atoms with Gasteiger partial charge < -0.3 is 15.3 Å². The number of carbonyl (C=O) groups excluding carboxylic acids is 2. The van der Waals surface area contributed by atoms with Gasteiger partial charge in [-0.25, -0.2) is 4.79 Å². The minimum atomic E-state index is -1.06. The molecule has 1 aromatic carbocycles. The Morgan fingerprint density at radius 2 is 1.96 bits per heavy atom. The maximum Gasteiger partial charge on any atom is 0.326 e. The maximum atomic E-state index is 12.4. The van der Waals surface area contributed by atoms with Gasteiger partial charge in [0.2, 0.25) is 11.8 Å². The fourth-order valence-corrected chi connectivity index (χ4v) is 3.08. The fraction of sp³-hybridized carbons (Fsp3) is 0.500. The lowest BCUT2D eigenvalue weighted by atomic mass is 10.0. The Kier molecular flexibility index (Phi) is 4.83. The van der Waals surface area contributed by atoms with E-state index in [4.69, 9.17) is 0 Å². The molecule has 3 rings (SSSR count). The summed E-state index contributed by atoms with van der Waals surface area (Å²) in [5, 5.41) is 12.0. The number of amides is 2. The summed E-state index contributed by atoms with van der Waals surface area (Å²) in [6.07, 6.45) is 2.71. The van der Waals surface area contributed by atoms with Crippen LogP contribution in [0.1, 0.15) is 24.8 Å². The summed E-state index contributed by atoms with van der Waals surface area (Å²) in [7, 11) is 0. The number of benzene rings is 1. The van der Waals surface area contributed by atoms with E-state index in [9.17, 15) is 19.5 Å². The average Bonchev–Trinajstić information content (AvgIpc) is 3.30. The lowest BCUT2D eigenvalue weighted by Crippen LogP contribution is -2.45. The number of hydrogen-bond acceptors (Lipinski definition) is 3. The third-order valence-corrected chi connectivity index (χ3v) is 4.66. The van der Waals surface area contributed by atoms with Crippen LogP contribution in [-0.4, -0.2) is 46.9 Å². The first kappa shape index (κ1) is 16.5. The summed E-state index contributed by atoms with van der Waals surface area (Å²) in [5.41, 5.74) is 0.850. The van der Waals surface area contributed by atoms with Crippen LogP contribution < -0.4 is 5.32 Å². The van der Waals surface area contributed by atoms with Gasteiger partial charge >= 0.3 is 5.97 Å². The predicted molar refractivity (Wildman–Crippen MR) is 87.1 cm³/mol. The zero-order valence-electron chi connectivity index (χ0n) is 13.5. The minimum Gasteiger partial charge on any atom is -0.480 e. The summed E-state index contributed by atoms with van der Waals surface area (Å²) < 4.78 is 0. The molecule has 0 unspecified atom stereocenters. The third kappa shape index (κ3) is 4.13. The van der Waals surface area contributed by atoms with Gasteiger partial charge in [-0.3, -0.25) is 9.59 Å². The largest absolute Gasteiger partial charge is 0.480 e. The molecule has 2 amide bonds. The van der Waals surface area contributed by atoms with E-state index in [0.29, 0.717) is 12.5 Å². The van der Waals surface area contributed by atoms with Crippen LogP contribution >= 0.6 is 0 Å². The van der Waals surface area contributed by atoms with Gasteiger partial charge in [-0.15, -0.1) is 0 Å². The number of hydrogen-bond donors (Lipinski definition) is 2. The fourth-order valence-electron chi connectivity index (χ4n) is 3.08.